The molecule has 0 saturated carbocycles. The Bertz CT molecular complexity index is 1150. The average molecular weight is 409 g/mol. The van der Waals surface area contributed by atoms with Crippen molar-refractivity contribution in [3.8, 4) is 17.6 Å². The van der Waals surface area contributed by atoms with Gasteiger partial charge in [0.25, 0.3) is 5.72 Å². The van der Waals surface area contributed by atoms with Crippen molar-refractivity contribution in [2.75, 3.05) is 26.3 Å². The van der Waals surface area contributed by atoms with Crippen LogP contribution < -0.4 is 9.64 Å². The van der Waals surface area contributed by atoms with E-state index >= 15 is 0 Å². The second-order valence-corrected chi connectivity index (χ2v) is 7.98. The maximum Gasteiger partial charge on any atom is 0.292 e. The quantitative estimate of drug-likeness (QED) is 0.654. The van der Waals surface area contributed by atoms with Crippen molar-refractivity contribution in [1.82, 2.24) is 0 Å². The highest BCUT2D eigenvalue weighted by Gasteiger charge is 2.51. The van der Waals surface area contributed by atoms with Crippen LogP contribution in [0.25, 0.3) is 5.57 Å². The predicted molar refractivity (Wildman–Crippen MR) is 123 cm³/mol. The van der Waals surface area contributed by atoms with Gasteiger partial charge in [0.1, 0.15) is 18.8 Å². The van der Waals surface area contributed by atoms with Crippen LogP contribution in [-0.2, 0) is 10.5 Å². The summed E-state index contributed by atoms with van der Waals surface area (Å²) in [6.45, 7) is 5.41. The van der Waals surface area contributed by atoms with Gasteiger partial charge in [0.2, 0.25) is 0 Å². The number of benzene rings is 3. The zero-order valence-corrected chi connectivity index (χ0v) is 17.7. The maximum absolute atomic E-state index is 6.92. The fourth-order valence-corrected chi connectivity index (χ4v) is 4.66. The van der Waals surface area contributed by atoms with Gasteiger partial charge in [-0.3, -0.25) is 4.90 Å². The minimum absolute atomic E-state index is 0.625. The van der Waals surface area contributed by atoms with E-state index in [9.17, 15) is 0 Å². The molecule has 3 aromatic rings. The van der Waals surface area contributed by atoms with Crippen LogP contribution in [0, 0.1) is 11.8 Å². The van der Waals surface area contributed by atoms with Crippen LogP contribution in [0.2, 0.25) is 0 Å². The van der Waals surface area contributed by atoms with Gasteiger partial charge in [0.05, 0.1) is 24.4 Å². The number of quaternary nitrogens is 1. The van der Waals surface area contributed by atoms with Crippen LogP contribution in [0.3, 0.4) is 0 Å². The highest BCUT2D eigenvalue weighted by molar-refractivity contribution is 5.87. The minimum atomic E-state index is -0.625. The summed E-state index contributed by atoms with van der Waals surface area (Å²) in [5.41, 5.74) is 4.79. The molecule has 0 radical (unpaired) electrons. The smallest absolute Gasteiger partial charge is 0.292 e. The molecule has 1 saturated heterocycles. The van der Waals surface area contributed by atoms with E-state index in [4.69, 9.17) is 9.47 Å². The molecule has 2 aliphatic rings. The zero-order valence-electron chi connectivity index (χ0n) is 17.7. The lowest BCUT2D eigenvalue weighted by atomic mass is 9.84. The first kappa shape index (κ1) is 19.6. The summed E-state index contributed by atoms with van der Waals surface area (Å²) < 4.78 is 12.6. The zero-order chi connectivity index (χ0) is 21.1. The Kier molecular flexibility index (Phi) is 5.34. The number of rotatable bonds is 2. The first-order valence-electron chi connectivity index (χ1n) is 10.8. The number of fused-ring (bicyclic) bond motifs is 1. The molecule has 3 heteroatoms. The van der Waals surface area contributed by atoms with Gasteiger partial charge in [-0.05, 0) is 43.3 Å². The second-order valence-electron chi connectivity index (χ2n) is 7.98. The molecular weight excluding hydrogens is 382 g/mol. The SMILES string of the molecule is CC1=C(C#Cc2ccccc2)c2ccccc2O[C@@]1(c1ccccc1)[NH+]1CCOCC1. The molecule has 3 aromatic carbocycles. The van der Waals surface area contributed by atoms with Crippen molar-refractivity contribution >= 4 is 5.57 Å². The summed E-state index contributed by atoms with van der Waals surface area (Å²) in [5.74, 6) is 7.78. The number of hydrogen-bond acceptors (Lipinski definition) is 2. The van der Waals surface area contributed by atoms with E-state index in [1.54, 1.807) is 0 Å². The Labute approximate surface area is 183 Å². The number of morpholine rings is 1. The van der Waals surface area contributed by atoms with Gasteiger partial charge >= 0.3 is 0 Å². The molecule has 0 aliphatic carbocycles. The first-order chi connectivity index (χ1) is 15.3. The number of para-hydroxylation sites is 1. The number of nitrogens with one attached hydrogen (secondary N) is 1. The summed E-state index contributed by atoms with van der Waals surface area (Å²) in [7, 11) is 0. The third-order valence-corrected chi connectivity index (χ3v) is 6.20. The summed E-state index contributed by atoms with van der Waals surface area (Å²) in [6.07, 6.45) is 0. The number of allylic oxidation sites excluding steroid dienone is 1. The van der Waals surface area contributed by atoms with Crippen LogP contribution in [0.4, 0.5) is 0 Å². The van der Waals surface area contributed by atoms with Gasteiger partial charge in [-0.1, -0.05) is 60.4 Å². The fourth-order valence-electron chi connectivity index (χ4n) is 4.66. The Morgan fingerprint density at radius 3 is 2.16 bits per heavy atom. The maximum atomic E-state index is 6.92. The summed E-state index contributed by atoms with van der Waals surface area (Å²) in [6, 6.07) is 29.0. The summed E-state index contributed by atoms with van der Waals surface area (Å²) >= 11 is 0. The van der Waals surface area contributed by atoms with E-state index in [-0.39, 0.29) is 0 Å². The molecule has 0 bridgehead atoms. The lowest BCUT2D eigenvalue weighted by Gasteiger charge is -2.45. The molecule has 154 valence electrons. The molecule has 1 fully saturated rings. The monoisotopic (exact) mass is 408 g/mol. The van der Waals surface area contributed by atoms with Gasteiger partial charge in [0, 0.05) is 16.7 Å². The predicted octanol–water partition coefficient (Wildman–Crippen LogP) is 3.67. The van der Waals surface area contributed by atoms with Crippen LogP contribution in [0.5, 0.6) is 5.75 Å². The Morgan fingerprint density at radius 2 is 1.42 bits per heavy atom. The Hall–Kier alpha value is -3.32. The summed E-state index contributed by atoms with van der Waals surface area (Å²) in [4.78, 5) is 1.36. The Morgan fingerprint density at radius 1 is 0.774 bits per heavy atom. The fraction of sp³-hybridized carbons (Fsp3) is 0.214. The molecule has 0 aromatic heterocycles. The topological polar surface area (TPSA) is 22.9 Å². The van der Waals surface area contributed by atoms with Crippen molar-refractivity contribution < 1.29 is 14.4 Å². The van der Waals surface area contributed by atoms with Crippen LogP contribution in [0.15, 0.2) is 90.5 Å². The van der Waals surface area contributed by atoms with Gasteiger partial charge in [-0.15, -0.1) is 0 Å². The molecule has 2 heterocycles. The first-order valence-corrected chi connectivity index (χ1v) is 10.8. The van der Waals surface area contributed by atoms with E-state index in [0.29, 0.717) is 0 Å². The molecule has 5 rings (SSSR count). The van der Waals surface area contributed by atoms with Crippen LogP contribution in [-0.4, -0.2) is 26.3 Å². The van der Waals surface area contributed by atoms with Gasteiger partial charge in [-0.2, -0.15) is 0 Å². The average Bonchev–Trinajstić information content (AvgIpc) is 2.85. The molecular formula is C28H26NO2+. The Balaban J connectivity index is 1.74. The molecule has 0 amide bonds. The summed E-state index contributed by atoms with van der Waals surface area (Å²) in [5, 5.41) is 0. The molecule has 3 nitrogen and oxygen atoms in total. The van der Waals surface area contributed by atoms with Gasteiger partial charge < -0.3 is 9.47 Å². The second kappa shape index (κ2) is 8.43. The van der Waals surface area contributed by atoms with Crippen LogP contribution >= 0.6 is 0 Å². The van der Waals surface area contributed by atoms with Crippen molar-refractivity contribution in [2.45, 2.75) is 12.6 Å². The van der Waals surface area contributed by atoms with Crippen molar-refractivity contribution in [3.63, 3.8) is 0 Å². The van der Waals surface area contributed by atoms with Crippen molar-refractivity contribution in [3.05, 3.63) is 107 Å². The third-order valence-electron chi connectivity index (χ3n) is 6.20. The molecule has 2 aliphatic heterocycles. The van der Waals surface area contributed by atoms with E-state index in [2.05, 4.69) is 67.3 Å². The highest BCUT2D eigenvalue weighted by atomic mass is 16.5. The van der Waals surface area contributed by atoms with E-state index in [1.807, 2.05) is 36.4 Å². The largest absolute Gasteiger partial charge is 0.432 e. The highest BCUT2D eigenvalue weighted by Crippen LogP contribution is 2.42. The molecule has 31 heavy (non-hydrogen) atoms. The molecule has 0 unspecified atom stereocenters. The third kappa shape index (κ3) is 3.55. The number of hydrogen-bond donors (Lipinski definition) is 1. The van der Waals surface area contributed by atoms with E-state index in [1.165, 1.54) is 4.90 Å². The normalized spacial score (nSPS) is 20.9. The van der Waals surface area contributed by atoms with E-state index in [0.717, 1.165) is 59.9 Å². The minimum Gasteiger partial charge on any atom is -0.432 e. The van der Waals surface area contributed by atoms with Crippen molar-refractivity contribution in [2.24, 2.45) is 0 Å². The molecule has 1 atom stereocenters. The van der Waals surface area contributed by atoms with E-state index < -0.39 is 5.72 Å². The van der Waals surface area contributed by atoms with Crippen molar-refractivity contribution in [1.29, 1.82) is 0 Å². The van der Waals surface area contributed by atoms with Gasteiger partial charge in [0.15, 0.2) is 0 Å². The molecule has 1 N–H and O–H groups in total. The lowest BCUT2D eigenvalue weighted by molar-refractivity contribution is -0.982. The van der Waals surface area contributed by atoms with Crippen LogP contribution in [0.1, 0.15) is 23.6 Å². The molecule has 0 spiro atoms. The lowest BCUT2D eigenvalue weighted by Crippen LogP contribution is -3.21. The van der Waals surface area contributed by atoms with Gasteiger partial charge in [-0.25, -0.2) is 0 Å². The standard InChI is InChI=1S/C28H25NO2/c1-22-25(17-16-23-10-4-2-5-11-23)26-14-8-9-15-27(26)31-28(22,24-12-6-3-7-13-24)29-18-20-30-21-19-29/h2-15H,18-21H2,1H3/p+1/t28-/m0/s1. The number of ether oxygens (including phenoxy) is 2.